The lowest BCUT2D eigenvalue weighted by Crippen LogP contribution is -2.37. The first-order chi connectivity index (χ1) is 41.0. The molecule has 0 aromatic carbocycles. The number of carbonyl (C=O) groups excluding carboxylic acids is 2. The van der Waals surface area contributed by atoms with Gasteiger partial charge in [0, 0.05) is 12.8 Å². The summed E-state index contributed by atoms with van der Waals surface area (Å²) in [6.07, 6.45) is 83.2. The highest BCUT2D eigenvalue weighted by atomic mass is 31.2. The largest absolute Gasteiger partial charge is 0.472 e. The van der Waals surface area contributed by atoms with Crippen LogP contribution in [0.2, 0.25) is 0 Å². The van der Waals surface area contributed by atoms with E-state index in [1.54, 1.807) is 0 Å². The zero-order valence-electron chi connectivity index (χ0n) is 56.9. The summed E-state index contributed by atoms with van der Waals surface area (Å²) in [5, 5.41) is 0. The monoisotopic (exact) mass is 1210 g/mol. The molecule has 0 aromatic rings. The van der Waals surface area contributed by atoms with Crippen LogP contribution in [0.15, 0.2) is 24.3 Å². The Morgan fingerprint density at radius 1 is 0.357 bits per heavy atom. The lowest BCUT2D eigenvalue weighted by Gasteiger charge is -2.24. The average molecular weight is 1210 g/mol. The van der Waals surface area contributed by atoms with E-state index in [1.807, 2.05) is 21.1 Å². The molecule has 1 N–H and O–H groups in total. The van der Waals surface area contributed by atoms with Crippen LogP contribution >= 0.6 is 7.82 Å². The number of phosphoric ester groups is 1. The molecule has 9 nitrogen and oxygen atoms in total. The molecular weight excluding hydrogens is 1060 g/mol. The third-order valence-corrected chi connectivity index (χ3v) is 17.9. The van der Waals surface area contributed by atoms with Gasteiger partial charge in [0.15, 0.2) is 6.10 Å². The molecule has 84 heavy (non-hydrogen) atoms. The quantitative estimate of drug-likeness (QED) is 0.0211. The lowest BCUT2D eigenvalue weighted by atomic mass is 10.0. The van der Waals surface area contributed by atoms with E-state index in [4.69, 9.17) is 18.5 Å². The van der Waals surface area contributed by atoms with Gasteiger partial charge in [-0.2, -0.15) is 0 Å². The zero-order chi connectivity index (χ0) is 61.2. The van der Waals surface area contributed by atoms with Crippen molar-refractivity contribution in [3.63, 3.8) is 0 Å². The summed E-state index contributed by atoms with van der Waals surface area (Å²) >= 11 is 0. The Bertz CT molecular complexity index is 1460. The van der Waals surface area contributed by atoms with Crippen molar-refractivity contribution in [2.45, 2.75) is 392 Å². The van der Waals surface area contributed by atoms with Gasteiger partial charge in [0.1, 0.15) is 19.8 Å². The molecule has 0 saturated carbocycles. The molecule has 498 valence electrons. The molecule has 0 heterocycles. The first kappa shape index (κ1) is 82.5. The minimum atomic E-state index is -4.39. The molecule has 0 aromatic heterocycles. The third-order valence-electron chi connectivity index (χ3n) is 17.0. The Kier molecular flexibility index (Phi) is 64.7. The maximum Gasteiger partial charge on any atom is 0.472 e. The van der Waals surface area contributed by atoms with Crippen LogP contribution in [-0.2, 0) is 32.7 Å². The number of ether oxygens (including phenoxy) is 2. The van der Waals surface area contributed by atoms with E-state index in [-0.39, 0.29) is 25.6 Å². The number of esters is 2. The predicted molar refractivity (Wildman–Crippen MR) is 363 cm³/mol. The van der Waals surface area contributed by atoms with E-state index in [9.17, 15) is 19.0 Å². The second kappa shape index (κ2) is 65.9. The molecule has 2 unspecified atom stereocenters. The van der Waals surface area contributed by atoms with Crippen molar-refractivity contribution in [2.75, 3.05) is 47.5 Å². The van der Waals surface area contributed by atoms with Gasteiger partial charge in [-0.3, -0.25) is 18.6 Å². The smallest absolute Gasteiger partial charge is 0.462 e. The SMILES string of the molecule is CCCCCCCC/C=C\CCCCCCCCCCCC(=O)OCC(COP(=O)(O)OCC[N+](C)(C)C)OC(=O)CCCCCCCCCCCCCCCCCCCCCCCCCCCCCCC/C=C\CCCCCCCCCC. The Morgan fingerprint density at radius 3 is 0.881 bits per heavy atom. The number of allylic oxidation sites excluding steroid dienone is 4. The van der Waals surface area contributed by atoms with Crippen LogP contribution in [0.3, 0.4) is 0 Å². The number of likely N-dealkylation sites (N-methyl/N-ethyl adjacent to an activating group) is 1. The first-order valence-corrected chi connectivity index (χ1v) is 38.6. The standard InChI is InChI=1S/C74H144NO8P/c1-6-8-10-12-14-16-18-20-22-24-26-27-28-29-30-31-32-33-34-35-36-37-38-39-40-41-42-43-44-45-46-47-49-51-53-55-57-59-61-63-65-67-74(77)83-72(71-82-84(78,79)81-69-68-75(3,4)5)70-80-73(76)66-64-62-60-58-56-54-52-50-48-25-23-21-19-17-15-13-11-9-7-2/h21,23-24,26,72H,6-20,22,25,27-71H2,1-5H3/p+1/b23-21-,26-24-. The number of carbonyl (C=O) groups is 2. The number of unbranched alkanes of at least 4 members (excludes halogenated alkanes) is 52. The molecule has 0 fully saturated rings. The third kappa shape index (κ3) is 69.6. The molecular formula is C74H145NO8P+. The minimum absolute atomic E-state index is 0.0349. The Labute approximate surface area is 523 Å². The van der Waals surface area contributed by atoms with Crippen LogP contribution in [0.4, 0.5) is 0 Å². The molecule has 0 aliphatic rings. The highest BCUT2D eigenvalue weighted by Crippen LogP contribution is 2.43. The van der Waals surface area contributed by atoms with E-state index < -0.39 is 26.5 Å². The number of nitrogens with zero attached hydrogens (tertiary/aromatic N) is 1. The second-order valence-electron chi connectivity index (χ2n) is 26.7. The van der Waals surface area contributed by atoms with Crippen molar-refractivity contribution in [3.05, 3.63) is 24.3 Å². The minimum Gasteiger partial charge on any atom is -0.462 e. The number of rotatable bonds is 70. The van der Waals surface area contributed by atoms with E-state index in [1.165, 1.54) is 321 Å². The number of phosphoric acid groups is 1. The lowest BCUT2D eigenvalue weighted by molar-refractivity contribution is -0.870. The van der Waals surface area contributed by atoms with Crippen LogP contribution in [0.1, 0.15) is 386 Å². The fourth-order valence-electron chi connectivity index (χ4n) is 11.2. The van der Waals surface area contributed by atoms with Gasteiger partial charge >= 0.3 is 19.8 Å². The highest BCUT2D eigenvalue weighted by molar-refractivity contribution is 7.47. The van der Waals surface area contributed by atoms with Gasteiger partial charge in [0.2, 0.25) is 0 Å². The fourth-order valence-corrected chi connectivity index (χ4v) is 12.0. The maximum absolute atomic E-state index is 12.9. The van der Waals surface area contributed by atoms with E-state index in [0.29, 0.717) is 23.9 Å². The highest BCUT2D eigenvalue weighted by Gasteiger charge is 2.27. The molecule has 0 aliphatic heterocycles. The summed E-state index contributed by atoms with van der Waals surface area (Å²) < 4.78 is 34.7. The Balaban J connectivity index is 3.85. The van der Waals surface area contributed by atoms with Crippen LogP contribution in [0.5, 0.6) is 0 Å². The summed E-state index contributed by atoms with van der Waals surface area (Å²) in [5.74, 6) is -0.778. The van der Waals surface area contributed by atoms with Crippen molar-refractivity contribution >= 4 is 19.8 Å². The van der Waals surface area contributed by atoms with E-state index >= 15 is 0 Å². The summed E-state index contributed by atoms with van der Waals surface area (Å²) in [5.41, 5.74) is 0. The van der Waals surface area contributed by atoms with Gasteiger partial charge in [-0.15, -0.1) is 0 Å². The molecule has 0 radical (unpaired) electrons. The molecule has 0 aliphatic carbocycles. The molecule has 0 bridgehead atoms. The summed E-state index contributed by atoms with van der Waals surface area (Å²) in [4.78, 5) is 35.8. The van der Waals surface area contributed by atoms with Crippen molar-refractivity contribution in [1.29, 1.82) is 0 Å². The normalized spacial score (nSPS) is 13.2. The van der Waals surface area contributed by atoms with Crippen LogP contribution in [-0.4, -0.2) is 74.9 Å². The number of hydrogen-bond donors (Lipinski definition) is 1. The van der Waals surface area contributed by atoms with Crippen LogP contribution in [0, 0.1) is 0 Å². The van der Waals surface area contributed by atoms with Gasteiger partial charge in [-0.1, -0.05) is 334 Å². The molecule has 10 heteroatoms. The molecule has 0 rings (SSSR count). The van der Waals surface area contributed by atoms with Gasteiger partial charge < -0.3 is 18.9 Å². The molecule has 2 atom stereocenters. The van der Waals surface area contributed by atoms with E-state index in [0.717, 1.165) is 32.1 Å². The topological polar surface area (TPSA) is 108 Å². The van der Waals surface area contributed by atoms with Crippen molar-refractivity contribution in [2.24, 2.45) is 0 Å². The van der Waals surface area contributed by atoms with Crippen LogP contribution in [0.25, 0.3) is 0 Å². The van der Waals surface area contributed by atoms with Crippen molar-refractivity contribution < 1.29 is 42.1 Å². The average Bonchev–Trinajstić information content (AvgIpc) is 3.46. The Hall–Kier alpha value is -1.51. The van der Waals surface area contributed by atoms with Gasteiger partial charge in [-0.05, 0) is 64.2 Å². The molecule has 0 spiro atoms. The molecule has 0 saturated heterocycles. The first-order valence-electron chi connectivity index (χ1n) is 37.1. The maximum atomic E-state index is 12.9. The summed E-state index contributed by atoms with van der Waals surface area (Å²) in [7, 11) is 1.50. The van der Waals surface area contributed by atoms with Gasteiger partial charge in [0.25, 0.3) is 0 Å². The van der Waals surface area contributed by atoms with Crippen molar-refractivity contribution in [3.8, 4) is 0 Å². The number of quaternary nitrogens is 1. The summed E-state index contributed by atoms with van der Waals surface area (Å²) in [6, 6.07) is 0. The summed E-state index contributed by atoms with van der Waals surface area (Å²) in [6.45, 7) is 4.50. The Morgan fingerprint density at radius 2 is 0.607 bits per heavy atom. The van der Waals surface area contributed by atoms with Crippen LogP contribution < -0.4 is 0 Å². The fraction of sp³-hybridized carbons (Fsp3) is 0.919. The molecule has 0 amide bonds. The van der Waals surface area contributed by atoms with Gasteiger partial charge in [-0.25, -0.2) is 4.57 Å². The predicted octanol–water partition coefficient (Wildman–Crippen LogP) is 24.1. The van der Waals surface area contributed by atoms with Gasteiger partial charge in [0.05, 0.1) is 27.7 Å². The van der Waals surface area contributed by atoms with Crippen molar-refractivity contribution in [1.82, 2.24) is 0 Å². The second-order valence-corrected chi connectivity index (χ2v) is 28.1. The van der Waals surface area contributed by atoms with E-state index in [2.05, 4.69) is 38.2 Å². The number of hydrogen-bond acceptors (Lipinski definition) is 7. The zero-order valence-corrected chi connectivity index (χ0v) is 57.8.